The summed E-state index contributed by atoms with van der Waals surface area (Å²) in [6.45, 7) is 1.18. The van der Waals surface area contributed by atoms with Gasteiger partial charge in [0.1, 0.15) is 17.5 Å². The molecule has 15 nitrogen and oxygen atoms in total. The molecule has 0 aliphatic carbocycles. The summed E-state index contributed by atoms with van der Waals surface area (Å²) in [5.74, 6) is -3.04. The molecule has 62 heavy (non-hydrogen) atoms. The Morgan fingerprint density at radius 2 is 1.31 bits per heavy atom. The first-order chi connectivity index (χ1) is 29.0. The maximum absolute atomic E-state index is 13.6. The molecule has 3 aromatic carbocycles. The van der Waals surface area contributed by atoms with Crippen LogP contribution in [0.1, 0.15) is 65.7 Å². The second-order valence-corrected chi connectivity index (χ2v) is 16.5. The van der Waals surface area contributed by atoms with E-state index in [9.17, 15) is 41.9 Å². The predicted molar refractivity (Wildman–Crippen MR) is 228 cm³/mol. The van der Waals surface area contributed by atoms with E-state index in [0.717, 1.165) is 27.8 Å². The van der Waals surface area contributed by atoms with E-state index >= 15 is 0 Å². The number of aliphatic carboxylic acids is 1. The fourth-order valence-corrected chi connectivity index (χ4v) is 9.38. The molecule has 332 valence electrons. The molecule has 1 saturated heterocycles. The van der Waals surface area contributed by atoms with Crippen LogP contribution in [0, 0.1) is 17.5 Å². The number of hydrogen-bond acceptors (Lipinski definition) is 9. The zero-order chi connectivity index (χ0) is 44.7. The number of halogens is 6. The van der Waals surface area contributed by atoms with E-state index in [0.29, 0.717) is 63.6 Å². The Morgan fingerprint density at radius 3 is 1.92 bits per heavy atom. The van der Waals surface area contributed by atoms with Gasteiger partial charge < -0.3 is 36.2 Å². The Labute approximate surface area is 384 Å². The first kappa shape index (κ1) is 50.2. The van der Waals surface area contributed by atoms with E-state index in [1.165, 1.54) is 29.2 Å². The van der Waals surface area contributed by atoms with Crippen molar-refractivity contribution in [1.29, 1.82) is 0 Å². The monoisotopic (exact) mass is 1120 g/mol. The van der Waals surface area contributed by atoms with E-state index in [-0.39, 0.29) is 87.1 Å². The van der Waals surface area contributed by atoms with Gasteiger partial charge in [0.05, 0.1) is 63.7 Å². The summed E-state index contributed by atoms with van der Waals surface area (Å²) in [4.78, 5) is 74.8. The average Bonchev–Trinajstić information content (AvgIpc) is 3.48. The van der Waals surface area contributed by atoms with Gasteiger partial charge in [0.25, 0.3) is 0 Å². The first-order valence-electron chi connectivity index (χ1n) is 18.4. The van der Waals surface area contributed by atoms with Crippen LogP contribution in [-0.4, -0.2) is 109 Å². The molecule has 1 fully saturated rings. The van der Waals surface area contributed by atoms with Gasteiger partial charge in [-0.25, -0.2) is 13.2 Å². The van der Waals surface area contributed by atoms with Gasteiger partial charge in [0.15, 0.2) is 0 Å². The maximum atomic E-state index is 13.6. The van der Waals surface area contributed by atoms with Gasteiger partial charge in [-0.05, 0) is 119 Å². The van der Waals surface area contributed by atoms with Gasteiger partial charge in [-0.15, -0.1) is 0 Å². The minimum atomic E-state index is -1.62. The molecule has 22 heteroatoms. The van der Waals surface area contributed by atoms with Crippen molar-refractivity contribution in [3.05, 3.63) is 107 Å². The number of fused-ring (bicyclic) bond motifs is 7. The van der Waals surface area contributed by atoms with Gasteiger partial charge in [-0.2, -0.15) is 0 Å². The molecule has 3 aromatic rings. The number of nitrogens with one attached hydrogen (secondary N) is 2. The van der Waals surface area contributed by atoms with E-state index in [1.54, 1.807) is 28.0 Å². The van der Waals surface area contributed by atoms with Crippen LogP contribution in [0.5, 0.6) is 0 Å². The van der Waals surface area contributed by atoms with Crippen LogP contribution in [0.3, 0.4) is 0 Å². The van der Waals surface area contributed by atoms with Crippen molar-refractivity contribution in [1.82, 2.24) is 25.3 Å². The number of carboxylic acid groups (broad SMARTS) is 1. The van der Waals surface area contributed by atoms with Crippen LogP contribution < -0.4 is 16.4 Å². The predicted octanol–water partition coefficient (Wildman–Crippen LogP) is 4.44. The molecule has 5 aliphatic rings. The van der Waals surface area contributed by atoms with Gasteiger partial charge in [-0.1, -0.05) is 19.6 Å². The molecule has 5 aliphatic heterocycles. The van der Waals surface area contributed by atoms with Gasteiger partial charge in [0, 0.05) is 31.3 Å². The van der Waals surface area contributed by atoms with Crippen molar-refractivity contribution in [2.75, 3.05) is 39.3 Å². The fourth-order valence-electron chi connectivity index (χ4n) is 7.72. The number of nitrogens with zero attached hydrogens (tertiary/aromatic N) is 3. The minimum absolute atomic E-state index is 0. The summed E-state index contributed by atoms with van der Waals surface area (Å²) in [5.41, 5.74) is 10.5. The number of carbonyl (C=O) groups is 6. The molecule has 0 aromatic heterocycles. The number of carbonyl (C=O) groups excluding carboxylic acids is 5. The van der Waals surface area contributed by atoms with Crippen molar-refractivity contribution in [2.45, 2.75) is 51.6 Å². The van der Waals surface area contributed by atoms with Crippen LogP contribution in [0.15, 0.2) is 55.9 Å². The summed E-state index contributed by atoms with van der Waals surface area (Å²) in [6, 6.07) is 7.92. The van der Waals surface area contributed by atoms with Crippen LogP contribution in [0.25, 0.3) is 5.70 Å². The molecule has 8 rings (SSSR count). The summed E-state index contributed by atoms with van der Waals surface area (Å²) in [7, 11) is 0. The molecule has 0 bridgehead atoms. The van der Waals surface area contributed by atoms with Crippen molar-refractivity contribution >= 4 is 104 Å². The Balaban J connectivity index is 0.000000196. The van der Waals surface area contributed by atoms with Gasteiger partial charge >= 0.3 is 28.5 Å². The van der Waals surface area contributed by atoms with E-state index < -0.39 is 32.6 Å². The zero-order valence-electron chi connectivity index (χ0n) is 31.8. The molecule has 0 radical (unpaired) electrons. The topological polar surface area (TPSA) is 217 Å². The first-order valence-corrected chi connectivity index (χ1v) is 22.2. The SMILES string of the molecule is C.NCC(=O)N1CCc2c(ccc(F)c2Br)C1CC(=O)O.O=C1C=C2c3ccc(F)c(Br)c3CCN2C(=O)CN1.O=C1CC2c3ccc(F)c(Br)c3CCN2C(=O)CN1.O=[Se]=O. The standard InChI is InChI=1S/C13H14BrFN2O3.C13H12BrFN2O2.C13H10BrFN2O2.CH4.O2Se/c14-13-8-3-4-17(11(18)6-16)10(5-12(19)20)7(8)1-2-9(13)15;2*14-13-8-3-4-17-10(7(8)1-2-9(13)15)5-11(18)16-6-12(17)19;;1-3-2/h1-2,10H,3-6,16H2,(H,19,20);1-2,10H,3-6H2,(H,16,18);1-2,5H,3-4,6H2,(H,16,18);1H4;. The number of rotatable bonds is 3. The van der Waals surface area contributed by atoms with Crippen LogP contribution >= 0.6 is 47.8 Å². The van der Waals surface area contributed by atoms with Crippen LogP contribution in [0.2, 0.25) is 0 Å². The Bertz CT molecular complexity index is 2370. The Hall–Kier alpha value is -4.47. The molecule has 5 amide bonds. The molecule has 2 unspecified atom stereocenters. The molecule has 5 N–H and O–H groups in total. The molecular formula is C40H40Br3F3N6O9Se. The van der Waals surface area contributed by atoms with E-state index in [1.807, 2.05) is 0 Å². The summed E-state index contributed by atoms with van der Waals surface area (Å²) in [5, 5.41) is 14.1. The Morgan fingerprint density at radius 1 is 0.774 bits per heavy atom. The second kappa shape index (κ2) is 22.2. The number of nitrogens with two attached hydrogens (primary N) is 1. The number of carboxylic acids is 1. The molecular weight excluding hydrogens is 1080 g/mol. The van der Waals surface area contributed by atoms with Crippen LogP contribution in [0.4, 0.5) is 13.2 Å². The number of hydrogen-bond donors (Lipinski definition) is 4. The van der Waals surface area contributed by atoms with E-state index in [2.05, 4.69) is 58.4 Å². The Kier molecular flexibility index (Phi) is 18.0. The second-order valence-electron chi connectivity index (χ2n) is 13.8. The molecule has 0 saturated carbocycles. The van der Waals surface area contributed by atoms with Gasteiger partial charge in [-0.3, -0.25) is 28.8 Å². The van der Waals surface area contributed by atoms with Gasteiger partial charge in [0.2, 0.25) is 29.5 Å². The normalized spacial score (nSPS) is 18.4. The summed E-state index contributed by atoms with van der Waals surface area (Å²) < 4.78 is 58.7. The third-order valence-electron chi connectivity index (χ3n) is 10.5. The number of amides is 5. The molecule has 0 spiro atoms. The van der Waals surface area contributed by atoms with Crippen LogP contribution in [-0.2, 0) is 55.7 Å². The molecule has 5 heterocycles. The van der Waals surface area contributed by atoms with Crippen molar-refractivity contribution < 1.29 is 54.7 Å². The zero-order valence-corrected chi connectivity index (χ0v) is 38.3. The van der Waals surface area contributed by atoms with Crippen molar-refractivity contribution in [2.24, 2.45) is 5.73 Å². The summed E-state index contributed by atoms with van der Waals surface area (Å²) >= 11 is 8.04. The molecule has 2 atom stereocenters. The third kappa shape index (κ3) is 11.2. The average molecular weight is 1120 g/mol. The van der Waals surface area contributed by atoms with Crippen molar-refractivity contribution in [3.8, 4) is 0 Å². The van der Waals surface area contributed by atoms with Crippen molar-refractivity contribution in [3.63, 3.8) is 0 Å². The third-order valence-corrected chi connectivity index (χ3v) is 13.0. The fraction of sp³-hybridized carbons (Fsp3) is 0.350. The van der Waals surface area contributed by atoms with E-state index in [4.69, 9.17) is 18.5 Å². The summed E-state index contributed by atoms with van der Waals surface area (Å²) in [6.07, 6.45) is 3.03. The number of benzene rings is 3. The quantitative estimate of drug-likeness (QED) is 0.271.